The fourth-order valence-electron chi connectivity index (χ4n) is 6.40. The number of fused-ring (bicyclic) bond motifs is 3. The number of halogens is 1. The lowest BCUT2D eigenvalue weighted by molar-refractivity contribution is -0.122. The van der Waals surface area contributed by atoms with Crippen LogP contribution < -0.4 is 0 Å². The van der Waals surface area contributed by atoms with Crippen LogP contribution in [0.25, 0.3) is 22.6 Å². The Bertz CT molecular complexity index is 1530. The molecule has 190 valence electrons. The Morgan fingerprint density at radius 1 is 1.21 bits per heavy atom. The smallest absolute Gasteiger partial charge is 0.176 e. The van der Waals surface area contributed by atoms with Gasteiger partial charge in [0.05, 0.1) is 17.0 Å². The van der Waals surface area contributed by atoms with E-state index in [1.807, 2.05) is 30.4 Å². The molecule has 0 saturated heterocycles. The molecule has 6 rings (SSSR count). The summed E-state index contributed by atoms with van der Waals surface area (Å²) in [6.07, 6.45) is 10.4. The van der Waals surface area contributed by atoms with Crippen LogP contribution in [0.1, 0.15) is 61.9 Å². The molecule has 1 fully saturated rings. The Morgan fingerprint density at radius 3 is 2.76 bits per heavy atom. The zero-order valence-electron chi connectivity index (χ0n) is 21.5. The van der Waals surface area contributed by atoms with E-state index in [0.29, 0.717) is 42.3 Å². The van der Waals surface area contributed by atoms with Gasteiger partial charge in [0.25, 0.3) is 0 Å². The first-order valence-corrected chi connectivity index (χ1v) is 13.3. The lowest BCUT2D eigenvalue weighted by atomic mass is 9.56. The topological polar surface area (TPSA) is 79.5 Å². The van der Waals surface area contributed by atoms with E-state index in [2.05, 4.69) is 24.6 Å². The molecule has 0 amide bonds. The Labute approximate surface area is 222 Å². The van der Waals surface area contributed by atoms with Gasteiger partial charge in [-0.15, -0.1) is 6.58 Å². The third kappa shape index (κ3) is 3.98. The van der Waals surface area contributed by atoms with E-state index in [1.54, 1.807) is 18.3 Å². The second-order valence-corrected chi connectivity index (χ2v) is 10.9. The molecule has 3 aromatic rings. The minimum atomic E-state index is -0.664. The van der Waals surface area contributed by atoms with Crippen molar-refractivity contribution in [2.24, 2.45) is 11.8 Å². The second kappa shape index (κ2) is 9.40. The van der Waals surface area contributed by atoms with E-state index < -0.39 is 5.41 Å². The maximum Gasteiger partial charge on any atom is 0.176 e. The molecule has 3 aliphatic rings. The molecule has 1 saturated carbocycles. The number of carbonyl (C=O) groups is 1. The molecule has 6 heteroatoms. The van der Waals surface area contributed by atoms with Crippen molar-refractivity contribution in [2.75, 3.05) is 0 Å². The molecular formula is C32H29FN4O. The molecule has 0 bridgehead atoms. The third-order valence-electron chi connectivity index (χ3n) is 8.49. The minimum Gasteiger partial charge on any atom is -0.293 e. The van der Waals surface area contributed by atoms with Crippen molar-refractivity contribution in [1.29, 1.82) is 5.26 Å². The average Bonchev–Trinajstić information content (AvgIpc) is 3.78. The van der Waals surface area contributed by atoms with Gasteiger partial charge in [0.1, 0.15) is 11.9 Å². The summed E-state index contributed by atoms with van der Waals surface area (Å²) in [6, 6.07) is 12.8. The predicted octanol–water partition coefficient (Wildman–Crippen LogP) is 6.66. The predicted molar refractivity (Wildman–Crippen MR) is 143 cm³/mol. The van der Waals surface area contributed by atoms with Crippen molar-refractivity contribution in [1.82, 2.24) is 15.0 Å². The number of ketones is 1. The molecule has 3 aliphatic carbocycles. The van der Waals surface area contributed by atoms with Gasteiger partial charge in [-0.05, 0) is 68.7 Å². The Kier molecular flexibility index (Phi) is 6.03. The second-order valence-electron chi connectivity index (χ2n) is 10.9. The zero-order chi connectivity index (χ0) is 26.4. The van der Waals surface area contributed by atoms with Crippen LogP contribution in [0, 0.1) is 29.0 Å². The summed E-state index contributed by atoms with van der Waals surface area (Å²) in [5.74, 6) is 0.248. The van der Waals surface area contributed by atoms with E-state index in [4.69, 9.17) is 9.97 Å². The van der Waals surface area contributed by atoms with Gasteiger partial charge in [-0.3, -0.25) is 9.78 Å². The highest BCUT2D eigenvalue weighted by Crippen LogP contribution is 2.52. The van der Waals surface area contributed by atoms with Crippen LogP contribution in [0.5, 0.6) is 0 Å². The standard InChI is InChI=1S/C32H29FN4O/c1-3-4-7-22-25-13-12-24-28(23-8-5-6-9-26(23)33)36-31(20-14-15-35-27(16-20)19-10-11-19)37-30(24)32(25,2)17-21(18-34)29(22)38/h3,5-6,8-9,14-17,19,22,25H,1,4,7,10-13H2,2H3/t22-,25-,32-/m1/s1. The average molecular weight is 505 g/mol. The van der Waals surface area contributed by atoms with Gasteiger partial charge in [0.2, 0.25) is 0 Å². The first-order valence-electron chi connectivity index (χ1n) is 13.3. The summed E-state index contributed by atoms with van der Waals surface area (Å²) >= 11 is 0. The summed E-state index contributed by atoms with van der Waals surface area (Å²) in [5.41, 5.74) is 4.07. The first-order chi connectivity index (χ1) is 18.4. The van der Waals surface area contributed by atoms with E-state index in [-0.39, 0.29) is 29.0 Å². The summed E-state index contributed by atoms with van der Waals surface area (Å²) in [5, 5.41) is 9.90. The van der Waals surface area contributed by atoms with Crippen molar-refractivity contribution in [3.05, 3.63) is 89.7 Å². The Hall–Kier alpha value is -3.98. The number of Topliss-reactive ketones (excluding diaryl/α,β-unsaturated/α-hetero) is 1. The van der Waals surface area contributed by atoms with Crippen molar-refractivity contribution in [2.45, 2.75) is 56.8 Å². The monoisotopic (exact) mass is 504 g/mol. The van der Waals surface area contributed by atoms with Gasteiger partial charge < -0.3 is 0 Å². The van der Waals surface area contributed by atoms with Crippen LogP contribution in [-0.2, 0) is 16.6 Å². The number of nitrogens with zero attached hydrogens (tertiary/aromatic N) is 4. The van der Waals surface area contributed by atoms with Crippen LogP contribution in [0.4, 0.5) is 4.39 Å². The summed E-state index contributed by atoms with van der Waals surface area (Å²) < 4.78 is 15.2. The van der Waals surface area contributed by atoms with Crippen molar-refractivity contribution in [3.8, 4) is 28.7 Å². The largest absolute Gasteiger partial charge is 0.293 e. The molecule has 2 heterocycles. The van der Waals surface area contributed by atoms with Crippen LogP contribution >= 0.6 is 0 Å². The lowest BCUT2D eigenvalue weighted by Crippen LogP contribution is -2.47. The first kappa shape index (κ1) is 24.4. The number of aromatic nitrogens is 3. The SMILES string of the molecule is C=CCC[C@H]1C(=O)C(C#N)=C[C@@]2(C)c3nc(-c4ccnc(C5CC5)c4)nc(-c4ccccc4F)c3CC[C@H]12. The third-order valence-corrected chi connectivity index (χ3v) is 8.49. The molecule has 0 radical (unpaired) electrons. The fourth-order valence-corrected chi connectivity index (χ4v) is 6.40. The van der Waals surface area contributed by atoms with Crippen LogP contribution in [0.15, 0.2) is 66.9 Å². The van der Waals surface area contributed by atoms with Gasteiger partial charge in [-0.2, -0.15) is 5.26 Å². The Balaban J connectivity index is 1.59. The van der Waals surface area contributed by atoms with Gasteiger partial charge in [0, 0.05) is 45.8 Å². The number of nitriles is 1. The quantitative estimate of drug-likeness (QED) is 0.351. The summed E-state index contributed by atoms with van der Waals surface area (Å²) in [4.78, 5) is 27.9. The number of allylic oxidation sites excluding steroid dienone is 3. The van der Waals surface area contributed by atoms with E-state index >= 15 is 4.39 Å². The molecule has 38 heavy (non-hydrogen) atoms. The molecule has 0 unspecified atom stereocenters. The molecule has 2 aromatic heterocycles. The molecule has 3 atom stereocenters. The lowest BCUT2D eigenvalue weighted by Gasteiger charge is -2.46. The van der Waals surface area contributed by atoms with Gasteiger partial charge in [-0.25, -0.2) is 14.4 Å². The van der Waals surface area contributed by atoms with Crippen LogP contribution in [-0.4, -0.2) is 20.7 Å². The van der Waals surface area contributed by atoms with Crippen LogP contribution in [0.3, 0.4) is 0 Å². The van der Waals surface area contributed by atoms with Gasteiger partial charge in [0.15, 0.2) is 11.6 Å². The van der Waals surface area contributed by atoms with Gasteiger partial charge >= 0.3 is 0 Å². The van der Waals surface area contributed by atoms with Crippen molar-refractivity contribution >= 4 is 5.78 Å². The minimum absolute atomic E-state index is 0.0183. The van der Waals surface area contributed by atoms with Crippen molar-refractivity contribution < 1.29 is 9.18 Å². The maximum atomic E-state index is 15.2. The highest BCUT2D eigenvalue weighted by molar-refractivity contribution is 6.02. The molecule has 5 nitrogen and oxygen atoms in total. The molecular weight excluding hydrogens is 475 g/mol. The summed E-state index contributed by atoms with van der Waals surface area (Å²) in [6.45, 7) is 5.91. The maximum absolute atomic E-state index is 15.2. The fraction of sp³-hybridized carbons (Fsp3) is 0.344. The number of hydrogen-bond acceptors (Lipinski definition) is 5. The number of pyridine rings is 1. The molecule has 0 aliphatic heterocycles. The molecule has 1 aromatic carbocycles. The number of hydrogen-bond donors (Lipinski definition) is 0. The zero-order valence-corrected chi connectivity index (χ0v) is 21.5. The van der Waals surface area contributed by atoms with Crippen molar-refractivity contribution in [3.63, 3.8) is 0 Å². The number of benzene rings is 1. The highest BCUT2D eigenvalue weighted by atomic mass is 19.1. The van der Waals surface area contributed by atoms with E-state index in [9.17, 15) is 10.1 Å². The van der Waals surface area contributed by atoms with Gasteiger partial charge in [-0.1, -0.05) is 31.2 Å². The van der Waals surface area contributed by atoms with E-state index in [1.165, 1.54) is 6.07 Å². The Morgan fingerprint density at radius 2 is 2.03 bits per heavy atom. The number of rotatable bonds is 6. The molecule has 0 N–H and O–H groups in total. The normalized spacial score (nSPS) is 24.1. The highest BCUT2D eigenvalue weighted by Gasteiger charge is 2.51. The van der Waals surface area contributed by atoms with E-state index in [0.717, 1.165) is 41.8 Å². The molecule has 0 spiro atoms. The summed E-state index contributed by atoms with van der Waals surface area (Å²) in [7, 11) is 0. The van der Waals surface area contributed by atoms with Crippen LogP contribution in [0.2, 0.25) is 0 Å². The number of carbonyl (C=O) groups excluding carboxylic acids is 1.